The zero-order valence-electron chi connectivity index (χ0n) is 12.2. The van der Waals surface area contributed by atoms with Gasteiger partial charge in [-0.1, -0.05) is 17.3 Å². The van der Waals surface area contributed by atoms with Crippen LogP contribution in [-0.2, 0) is 11.3 Å². The Bertz CT molecular complexity index is 752. The second kappa shape index (κ2) is 5.75. The first-order valence-corrected chi connectivity index (χ1v) is 8.08. The third-order valence-corrected chi connectivity index (χ3v) is 4.70. The molecule has 22 heavy (non-hydrogen) atoms. The van der Waals surface area contributed by atoms with Crippen molar-refractivity contribution in [3.63, 3.8) is 0 Å². The van der Waals surface area contributed by atoms with Gasteiger partial charge in [0.05, 0.1) is 23.4 Å². The monoisotopic (exact) mass is 316 g/mol. The number of rotatable bonds is 3. The van der Waals surface area contributed by atoms with Crippen molar-refractivity contribution in [2.45, 2.75) is 19.6 Å². The standard InChI is InChI=1S/C15H16N4O2S/c1-10-16-15(18-21-10)12-8-19(6-7-20-12)9-14-17-11-4-2-3-5-13(11)22-14/h2-5,12H,6-9H2,1H3/t12-/m1/s1. The van der Waals surface area contributed by atoms with Crippen molar-refractivity contribution in [3.8, 4) is 0 Å². The van der Waals surface area contributed by atoms with E-state index >= 15 is 0 Å². The molecule has 0 spiro atoms. The number of para-hydroxylation sites is 1. The van der Waals surface area contributed by atoms with E-state index in [1.54, 1.807) is 18.3 Å². The molecule has 3 aromatic rings. The van der Waals surface area contributed by atoms with E-state index in [-0.39, 0.29) is 6.10 Å². The van der Waals surface area contributed by atoms with Crippen molar-refractivity contribution in [2.24, 2.45) is 0 Å². The summed E-state index contributed by atoms with van der Waals surface area (Å²) in [5.74, 6) is 1.20. The molecule has 114 valence electrons. The fourth-order valence-electron chi connectivity index (χ4n) is 2.63. The molecule has 1 saturated heterocycles. The van der Waals surface area contributed by atoms with Crippen LogP contribution < -0.4 is 0 Å². The minimum atomic E-state index is -0.124. The van der Waals surface area contributed by atoms with Crippen LogP contribution in [0.3, 0.4) is 0 Å². The SMILES string of the molecule is Cc1nc([C@H]2CN(Cc3nc4ccccc4s3)CCO2)no1. The topological polar surface area (TPSA) is 64.3 Å². The summed E-state index contributed by atoms with van der Waals surface area (Å²) >= 11 is 1.75. The molecule has 3 heterocycles. The summed E-state index contributed by atoms with van der Waals surface area (Å²) in [4.78, 5) is 11.3. The van der Waals surface area contributed by atoms with E-state index in [1.807, 2.05) is 12.1 Å². The third kappa shape index (κ3) is 2.75. The molecule has 0 saturated carbocycles. The lowest BCUT2D eigenvalue weighted by molar-refractivity contribution is -0.0380. The molecule has 6 nitrogen and oxygen atoms in total. The first kappa shape index (κ1) is 13.8. The molecule has 1 aromatic carbocycles. The normalized spacial score (nSPS) is 19.8. The molecular weight excluding hydrogens is 300 g/mol. The van der Waals surface area contributed by atoms with E-state index in [0.29, 0.717) is 18.3 Å². The molecule has 7 heteroatoms. The first-order valence-electron chi connectivity index (χ1n) is 7.26. The summed E-state index contributed by atoms with van der Waals surface area (Å²) in [5, 5.41) is 5.10. The van der Waals surface area contributed by atoms with Gasteiger partial charge in [-0.15, -0.1) is 11.3 Å². The third-order valence-electron chi connectivity index (χ3n) is 3.68. The predicted molar refractivity (Wildman–Crippen MR) is 82.6 cm³/mol. The van der Waals surface area contributed by atoms with Crippen LogP contribution >= 0.6 is 11.3 Å². The van der Waals surface area contributed by atoms with Crippen LogP contribution in [0.15, 0.2) is 28.8 Å². The van der Waals surface area contributed by atoms with Gasteiger partial charge in [-0.05, 0) is 12.1 Å². The van der Waals surface area contributed by atoms with Crippen LogP contribution in [0.1, 0.15) is 22.8 Å². The molecular formula is C15H16N4O2S. The van der Waals surface area contributed by atoms with E-state index in [1.165, 1.54) is 4.70 Å². The van der Waals surface area contributed by atoms with Crippen LogP contribution in [0.5, 0.6) is 0 Å². The number of fused-ring (bicyclic) bond motifs is 1. The quantitative estimate of drug-likeness (QED) is 0.740. The lowest BCUT2D eigenvalue weighted by Crippen LogP contribution is -2.38. The number of benzene rings is 1. The number of thiazole rings is 1. The van der Waals surface area contributed by atoms with Gasteiger partial charge < -0.3 is 9.26 Å². The van der Waals surface area contributed by atoms with Gasteiger partial charge in [0.25, 0.3) is 0 Å². The second-order valence-electron chi connectivity index (χ2n) is 5.34. The summed E-state index contributed by atoms with van der Waals surface area (Å²) in [6.07, 6.45) is -0.124. The van der Waals surface area contributed by atoms with Crippen molar-refractivity contribution in [1.29, 1.82) is 0 Å². The van der Waals surface area contributed by atoms with Crippen molar-refractivity contribution in [2.75, 3.05) is 19.7 Å². The highest BCUT2D eigenvalue weighted by atomic mass is 32.1. The number of aryl methyl sites for hydroxylation is 1. The zero-order valence-corrected chi connectivity index (χ0v) is 13.0. The van der Waals surface area contributed by atoms with Gasteiger partial charge in [-0.3, -0.25) is 4.90 Å². The Balaban J connectivity index is 1.48. The molecule has 0 unspecified atom stereocenters. The molecule has 4 rings (SSSR count). The van der Waals surface area contributed by atoms with E-state index in [2.05, 4.69) is 27.2 Å². The smallest absolute Gasteiger partial charge is 0.223 e. The van der Waals surface area contributed by atoms with Gasteiger partial charge in [0.1, 0.15) is 11.1 Å². The van der Waals surface area contributed by atoms with Gasteiger partial charge in [0, 0.05) is 20.0 Å². The highest BCUT2D eigenvalue weighted by Gasteiger charge is 2.26. The average molecular weight is 316 g/mol. The van der Waals surface area contributed by atoms with E-state index < -0.39 is 0 Å². The van der Waals surface area contributed by atoms with Gasteiger partial charge >= 0.3 is 0 Å². The fraction of sp³-hybridized carbons (Fsp3) is 0.400. The van der Waals surface area contributed by atoms with Gasteiger partial charge in [0.15, 0.2) is 0 Å². The Labute approximate surface area is 131 Å². The Morgan fingerprint density at radius 1 is 1.32 bits per heavy atom. The molecule has 1 atom stereocenters. The fourth-order valence-corrected chi connectivity index (χ4v) is 3.64. The Kier molecular flexibility index (Phi) is 3.61. The van der Waals surface area contributed by atoms with Crippen LogP contribution in [0, 0.1) is 6.92 Å². The van der Waals surface area contributed by atoms with Crippen molar-refractivity contribution in [1.82, 2.24) is 20.0 Å². The second-order valence-corrected chi connectivity index (χ2v) is 6.46. The molecule has 0 aliphatic carbocycles. The molecule has 0 N–H and O–H groups in total. The maximum Gasteiger partial charge on any atom is 0.223 e. The lowest BCUT2D eigenvalue weighted by Gasteiger charge is -2.30. The van der Waals surface area contributed by atoms with Crippen LogP contribution in [-0.4, -0.2) is 39.7 Å². The molecule has 1 aliphatic rings. The highest BCUT2D eigenvalue weighted by molar-refractivity contribution is 7.18. The average Bonchev–Trinajstić information content (AvgIpc) is 3.13. The Hall–Kier alpha value is -1.83. The van der Waals surface area contributed by atoms with Crippen LogP contribution in [0.25, 0.3) is 10.2 Å². The maximum absolute atomic E-state index is 5.76. The van der Waals surface area contributed by atoms with Crippen molar-refractivity contribution in [3.05, 3.63) is 41.0 Å². The minimum absolute atomic E-state index is 0.124. The van der Waals surface area contributed by atoms with Crippen molar-refractivity contribution < 1.29 is 9.26 Å². The summed E-state index contributed by atoms with van der Waals surface area (Å²) in [6.45, 7) is 4.94. The molecule has 1 aliphatic heterocycles. The summed E-state index contributed by atoms with van der Waals surface area (Å²) < 4.78 is 12.0. The van der Waals surface area contributed by atoms with Crippen molar-refractivity contribution >= 4 is 21.6 Å². The number of nitrogens with zero attached hydrogens (tertiary/aromatic N) is 4. The molecule has 1 fully saturated rings. The van der Waals surface area contributed by atoms with Gasteiger partial charge in [0.2, 0.25) is 11.7 Å². The summed E-state index contributed by atoms with van der Waals surface area (Å²) in [6, 6.07) is 8.24. The predicted octanol–water partition coefficient (Wildman–Crippen LogP) is 2.56. The van der Waals surface area contributed by atoms with Crippen LogP contribution in [0.2, 0.25) is 0 Å². The number of ether oxygens (including phenoxy) is 1. The minimum Gasteiger partial charge on any atom is -0.367 e. The first-order chi connectivity index (χ1) is 10.8. The Morgan fingerprint density at radius 2 is 2.23 bits per heavy atom. The van der Waals surface area contributed by atoms with Gasteiger partial charge in [-0.25, -0.2) is 4.98 Å². The Morgan fingerprint density at radius 3 is 3.05 bits per heavy atom. The highest BCUT2D eigenvalue weighted by Crippen LogP contribution is 2.25. The lowest BCUT2D eigenvalue weighted by atomic mass is 10.2. The molecule has 0 bridgehead atoms. The number of hydrogen-bond acceptors (Lipinski definition) is 7. The molecule has 0 amide bonds. The van der Waals surface area contributed by atoms with Gasteiger partial charge in [-0.2, -0.15) is 4.98 Å². The summed E-state index contributed by atoms with van der Waals surface area (Å²) in [5.41, 5.74) is 1.07. The summed E-state index contributed by atoms with van der Waals surface area (Å²) in [7, 11) is 0. The number of aromatic nitrogens is 3. The van der Waals surface area contributed by atoms with E-state index in [0.717, 1.165) is 30.2 Å². The van der Waals surface area contributed by atoms with E-state index in [9.17, 15) is 0 Å². The number of hydrogen-bond donors (Lipinski definition) is 0. The number of morpholine rings is 1. The van der Waals surface area contributed by atoms with E-state index in [4.69, 9.17) is 14.2 Å². The van der Waals surface area contributed by atoms with Crippen LogP contribution in [0.4, 0.5) is 0 Å². The molecule has 0 radical (unpaired) electrons. The molecule has 2 aromatic heterocycles. The zero-order chi connectivity index (χ0) is 14.9. The maximum atomic E-state index is 5.76. The largest absolute Gasteiger partial charge is 0.367 e.